The van der Waals surface area contributed by atoms with Gasteiger partial charge < -0.3 is 20.3 Å². The van der Waals surface area contributed by atoms with Crippen LogP contribution < -0.4 is 15.4 Å². The number of ether oxygens (including phenoxy) is 1. The highest BCUT2D eigenvalue weighted by Crippen LogP contribution is 2.25. The molecule has 136 valence electrons. The van der Waals surface area contributed by atoms with Crippen molar-refractivity contribution in [1.29, 1.82) is 0 Å². The molecule has 3 rings (SSSR count). The minimum Gasteiger partial charge on any atom is -0.497 e. The van der Waals surface area contributed by atoms with Crippen molar-refractivity contribution in [2.75, 3.05) is 31.6 Å². The monoisotopic (exact) mass is 353 g/mol. The molecular weight excluding hydrogens is 330 g/mol. The number of carbonyl (C=O) groups excluding carboxylic acids is 2. The van der Waals surface area contributed by atoms with Gasteiger partial charge in [0, 0.05) is 18.3 Å². The third-order valence-corrected chi connectivity index (χ3v) is 4.61. The lowest BCUT2D eigenvalue weighted by atomic mass is 10.0. The van der Waals surface area contributed by atoms with Crippen LogP contribution in [0, 0.1) is 0 Å². The van der Waals surface area contributed by atoms with E-state index in [1.807, 2.05) is 54.6 Å². The standard InChI is InChI=1S/C20H23N3O3/c1-26-18-9-5-8-16(11-18)22-13-17(10-15-6-3-2-4-7-15)23(14-20(22)25)19(24)12-21/h2-9,11,17H,10,12-14,21H2,1H3. The van der Waals surface area contributed by atoms with E-state index in [9.17, 15) is 9.59 Å². The van der Waals surface area contributed by atoms with Crippen molar-refractivity contribution in [3.8, 4) is 5.75 Å². The molecule has 0 bridgehead atoms. The van der Waals surface area contributed by atoms with Crippen LogP contribution in [-0.2, 0) is 16.0 Å². The smallest absolute Gasteiger partial charge is 0.246 e. The summed E-state index contributed by atoms with van der Waals surface area (Å²) in [4.78, 5) is 28.3. The number of hydrogen-bond donors (Lipinski definition) is 1. The van der Waals surface area contributed by atoms with Gasteiger partial charge in [0.15, 0.2) is 0 Å². The van der Waals surface area contributed by atoms with E-state index >= 15 is 0 Å². The van der Waals surface area contributed by atoms with Crippen molar-refractivity contribution < 1.29 is 14.3 Å². The van der Waals surface area contributed by atoms with Crippen LogP contribution >= 0.6 is 0 Å². The first-order chi connectivity index (χ1) is 12.6. The summed E-state index contributed by atoms with van der Waals surface area (Å²) in [5, 5.41) is 0. The zero-order chi connectivity index (χ0) is 18.5. The predicted molar refractivity (Wildman–Crippen MR) is 100 cm³/mol. The molecule has 1 heterocycles. The second-order valence-corrected chi connectivity index (χ2v) is 6.28. The van der Waals surface area contributed by atoms with Gasteiger partial charge in [0.25, 0.3) is 0 Å². The van der Waals surface area contributed by atoms with Gasteiger partial charge in [0.05, 0.1) is 19.7 Å². The summed E-state index contributed by atoms with van der Waals surface area (Å²) >= 11 is 0. The number of anilines is 1. The fourth-order valence-electron chi connectivity index (χ4n) is 3.27. The Morgan fingerprint density at radius 3 is 2.65 bits per heavy atom. The van der Waals surface area contributed by atoms with Gasteiger partial charge in [-0.3, -0.25) is 9.59 Å². The number of piperazine rings is 1. The molecule has 1 aliphatic heterocycles. The number of rotatable bonds is 5. The summed E-state index contributed by atoms with van der Waals surface area (Å²) in [6.07, 6.45) is 0.667. The highest BCUT2D eigenvalue weighted by atomic mass is 16.5. The highest BCUT2D eigenvalue weighted by molar-refractivity contribution is 5.98. The second kappa shape index (κ2) is 8.01. The van der Waals surface area contributed by atoms with Gasteiger partial charge in [-0.15, -0.1) is 0 Å². The zero-order valence-corrected chi connectivity index (χ0v) is 14.8. The summed E-state index contributed by atoms with van der Waals surface area (Å²) in [7, 11) is 1.59. The third-order valence-electron chi connectivity index (χ3n) is 4.61. The van der Waals surface area contributed by atoms with Gasteiger partial charge >= 0.3 is 0 Å². The van der Waals surface area contributed by atoms with Crippen LogP contribution in [0.2, 0.25) is 0 Å². The lowest BCUT2D eigenvalue weighted by Crippen LogP contribution is -2.60. The van der Waals surface area contributed by atoms with Crippen LogP contribution in [-0.4, -0.2) is 49.5 Å². The SMILES string of the molecule is COc1cccc(N2CC(Cc3ccccc3)N(C(=O)CN)CC2=O)c1. The molecule has 2 aromatic carbocycles. The summed E-state index contributed by atoms with van der Waals surface area (Å²) in [5.74, 6) is 0.365. The Labute approximate surface area is 153 Å². The average Bonchev–Trinajstić information content (AvgIpc) is 2.69. The Morgan fingerprint density at radius 2 is 1.96 bits per heavy atom. The van der Waals surface area contributed by atoms with Gasteiger partial charge in [0.1, 0.15) is 12.3 Å². The zero-order valence-electron chi connectivity index (χ0n) is 14.8. The Balaban J connectivity index is 1.87. The molecule has 1 aliphatic rings. The molecule has 0 aliphatic carbocycles. The van der Waals surface area contributed by atoms with Crippen molar-refractivity contribution >= 4 is 17.5 Å². The van der Waals surface area contributed by atoms with E-state index in [1.54, 1.807) is 16.9 Å². The van der Waals surface area contributed by atoms with E-state index in [0.29, 0.717) is 18.7 Å². The lowest BCUT2D eigenvalue weighted by molar-refractivity contribution is -0.138. The molecule has 2 aromatic rings. The molecule has 1 unspecified atom stereocenters. The molecule has 6 nitrogen and oxygen atoms in total. The fourth-order valence-corrected chi connectivity index (χ4v) is 3.27. The van der Waals surface area contributed by atoms with Gasteiger partial charge in [0.2, 0.25) is 11.8 Å². The first-order valence-corrected chi connectivity index (χ1v) is 8.60. The van der Waals surface area contributed by atoms with E-state index in [-0.39, 0.29) is 30.9 Å². The normalized spacial score (nSPS) is 17.3. The molecule has 1 saturated heterocycles. The van der Waals surface area contributed by atoms with E-state index in [2.05, 4.69) is 0 Å². The van der Waals surface area contributed by atoms with Crippen LogP contribution in [0.25, 0.3) is 0 Å². The fraction of sp³-hybridized carbons (Fsp3) is 0.300. The maximum Gasteiger partial charge on any atom is 0.246 e. The Morgan fingerprint density at radius 1 is 1.19 bits per heavy atom. The second-order valence-electron chi connectivity index (χ2n) is 6.28. The van der Waals surface area contributed by atoms with Crippen molar-refractivity contribution in [2.24, 2.45) is 5.73 Å². The lowest BCUT2D eigenvalue weighted by Gasteiger charge is -2.41. The van der Waals surface area contributed by atoms with Crippen molar-refractivity contribution in [3.63, 3.8) is 0 Å². The predicted octanol–water partition coefficient (Wildman–Crippen LogP) is 1.44. The van der Waals surface area contributed by atoms with Crippen LogP contribution in [0.15, 0.2) is 54.6 Å². The van der Waals surface area contributed by atoms with Crippen LogP contribution in [0.3, 0.4) is 0 Å². The van der Waals surface area contributed by atoms with Gasteiger partial charge in [-0.05, 0) is 24.1 Å². The van der Waals surface area contributed by atoms with Crippen molar-refractivity contribution in [2.45, 2.75) is 12.5 Å². The molecule has 26 heavy (non-hydrogen) atoms. The number of benzene rings is 2. The van der Waals surface area contributed by atoms with E-state index < -0.39 is 0 Å². The Kier molecular flexibility index (Phi) is 5.53. The topological polar surface area (TPSA) is 75.9 Å². The number of amides is 2. The molecule has 1 fully saturated rings. The quantitative estimate of drug-likeness (QED) is 0.883. The molecule has 0 spiro atoms. The maximum atomic E-state index is 12.7. The Hall–Kier alpha value is -2.86. The van der Waals surface area contributed by atoms with E-state index in [4.69, 9.17) is 10.5 Å². The highest BCUT2D eigenvalue weighted by Gasteiger charge is 2.35. The third kappa shape index (κ3) is 3.86. The van der Waals surface area contributed by atoms with Crippen LogP contribution in [0.1, 0.15) is 5.56 Å². The van der Waals surface area contributed by atoms with E-state index in [0.717, 1.165) is 11.3 Å². The summed E-state index contributed by atoms with van der Waals surface area (Å²) in [6, 6.07) is 17.2. The molecular formula is C20H23N3O3. The first kappa shape index (κ1) is 17.9. The average molecular weight is 353 g/mol. The van der Waals surface area contributed by atoms with Gasteiger partial charge in [-0.2, -0.15) is 0 Å². The van der Waals surface area contributed by atoms with E-state index in [1.165, 1.54) is 0 Å². The van der Waals surface area contributed by atoms with Crippen LogP contribution in [0.5, 0.6) is 5.75 Å². The summed E-state index contributed by atoms with van der Waals surface area (Å²) < 4.78 is 5.26. The maximum absolute atomic E-state index is 12.7. The number of nitrogens with two attached hydrogens (primary N) is 1. The molecule has 0 radical (unpaired) electrons. The molecule has 6 heteroatoms. The molecule has 2 amide bonds. The minimum atomic E-state index is -0.204. The molecule has 2 N–H and O–H groups in total. The van der Waals surface area contributed by atoms with Gasteiger partial charge in [-0.25, -0.2) is 0 Å². The van der Waals surface area contributed by atoms with Gasteiger partial charge in [-0.1, -0.05) is 36.4 Å². The summed E-state index contributed by atoms with van der Waals surface area (Å²) in [5.41, 5.74) is 7.44. The minimum absolute atomic E-state index is 0.0325. The molecule has 1 atom stereocenters. The number of methoxy groups -OCH3 is 1. The summed E-state index contributed by atoms with van der Waals surface area (Å²) in [6.45, 7) is 0.356. The Bertz CT molecular complexity index is 779. The molecule has 0 saturated carbocycles. The number of carbonyl (C=O) groups is 2. The van der Waals surface area contributed by atoms with Crippen molar-refractivity contribution in [1.82, 2.24) is 4.90 Å². The largest absolute Gasteiger partial charge is 0.497 e. The van der Waals surface area contributed by atoms with Crippen LogP contribution in [0.4, 0.5) is 5.69 Å². The molecule has 0 aromatic heterocycles. The number of nitrogens with zero attached hydrogens (tertiary/aromatic N) is 2. The first-order valence-electron chi connectivity index (χ1n) is 8.60. The number of hydrogen-bond acceptors (Lipinski definition) is 4. The van der Waals surface area contributed by atoms with Crippen molar-refractivity contribution in [3.05, 3.63) is 60.2 Å².